The SMILES string of the molecule is CC(=O)NCc1ccc(S(=O)(=O)N[C@@H]2[C@@H](c3ccccc3)C2(C)C)cc1. The van der Waals surface area contributed by atoms with Gasteiger partial charge in [-0.25, -0.2) is 13.1 Å². The molecule has 1 fully saturated rings. The summed E-state index contributed by atoms with van der Waals surface area (Å²) >= 11 is 0. The lowest BCUT2D eigenvalue weighted by molar-refractivity contribution is -0.119. The van der Waals surface area contributed by atoms with E-state index in [9.17, 15) is 13.2 Å². The molecule has 0 radical (unpaired) electrons. The monoisotopic (exact) mass is 372 g/mol. The van der Waals surface area contributed by atoms with Crippen LogP contribution in [-0.4, -0.2) is 20.4 Å². The fourth-order valence-corrected chi connectivity index (χ4v) is 4.79. The fraction of sp³-hybridized carbons (Fsp3) is 0.350. The van der Waals surface area contributed by atoms with Gasteiger partial charge in [-0.15, -0.1) is 0 Å². The molecule has 0 saturated heterocycles. The number of rotatable bonds is 6. The molecule has 3 rings (SSSR count). The topological polar surface area (TPSA) is 75.3 Å². The Hall–Kier alpha value is -2.18. The summed E-state index contributed by atoms with van der Waals surface area (Å²) in [6.07, 6.45) is 0. The first-order chi connectivity index (χ1) is 12.2. The van der Waals surface area contributed by atoms with E-state index in [0.717, 1.165) is 11.1 Å². The third-order valence-electron chi connectivity index (χ3n) is 5.04. The number of carbonyl (C=O) groups excluding carboxylic acids is 1. The second kappa shape index (κ2) is 6.85. The van der Waals surface area contributed by atoms with Crippen LogP contribution in [0.25, 0.3) is 0 Å². The zero-order chi connectivity index (χ0) is 18.9. The second-order valence-electron chi connectivity index (χ2n) is 7.36. The van der Waals surface area contributed by atoms with E-state index < -0.39 is 10.0 Å². The lowest BCUT2D eigenvalue weighted by Gasteiger charge is -2.09. The molecule has 2 aromatic carbocycles. The Labute approximate surface area is 154 Å². The zero-order valence-corrected chi connectivity index (χ0v) is 16.0. The van der Waals surface area contributed by atoms with Crippen molar-refractivity contribution in [3.8, 4) is 0 Å². The summed E-state index contributed by atoms with van der Waals surface area (Å²) in [7, 11) is -3.59. The maximum Gasteiger partial charge on any atom is 0.240 e. The molecule has 0 aromatic heterocycles. The average molecular weight is 372 g/mol. The Morgan fingerprint density at radius 1 is 1.04 bits per heavy atom. The number of hydrogen-bond donors (Lipinski definition) is 2. The predicted molar refractivity (Wildman–Crippen MR) is 101 cm³/mol. The summed E-state index contributed by atoms with van der Waals surface area (Å²) < 4.78 is 28.3. The summed E-state index contributed by atoms with van der Waals surface area (Å²) in [5.41, 5.74) is 1.88. The first kappa shape index (κ1) is 18.6. The number of hydrogen-bond acceptors (Lipinski definition) is 3. The van der Waals surface area contributed by atoms with Crippen LogP contribution < -0.4 is 10.0 Å². The molecule has 0 aliphatic heterocycles. The lowest BCUT2D eigenvalue weighted by Crippen LogP contribution is -2.29. The minimum atomic E-state index is -3.59. The number of benzene rings is 2. The van der Waals surface area contributed by atoms with E-state index in [1.807, 2.05) is 30.3 Å². The normalized spacial score (nSPS) is 21.2. The van der Waals surface area contributed by atoms with Crippen molar-refractivity contribution < 1.29 is 13.2 Å². The lowest BCUT2D eigenvalue weighted by atomic mass is 10.0. The van der Waals surface area contributed by atoms with Crippen molar-refractivity contribution in [2.75, 3.05) is 0 Å². The largest absolute Gasteiger partial charge is 0.352 e. The molecule has 2 N–H and O–H groups in total. The van der Waals surface area contributed by atoms with Gasteiger partial charge in [-0.05, 0) is 28.7 Å². The van der Waals surface area contributed by atoms with Crippen molar-refractivity contribution in [3.63, 3.8) is 0 Å². The molecule has 0 bridgehead atoms. The predicted octanol–water partition coefficient (Wildman–Crippen LogP) is 2.79. The van der Waals surface area contributed by atoms with E-state index in [1.54, 1.807) is 24.3 Å². The molecular weight excluding hydrogens is 348 g/mol. The molecular formula is C20H24N2O3S. The Morgan fingerprint density at radius 2 is 1.65 bits per heavy atom. The third kappa shape index (κ3) is 3.81. The van der Waals surface area contributed by atoms with E-state index in [1.165, 1.54) is 6.92 Å². The summed E-state index contributed by atoms with van der Waals surface area (Å²) in [6, 6.07) is 16.4. The maximum absolute atomic E-state index is 12.7. The van der Waals surface area contributed by atoms with Gasteiger partial charge in [0.25, 0.3) is 0 Å². The van der Waals surface area contributed by atoms with E-state index in [2.05, 4.69) is 23.9 Å². The molecule has 0 unspecified atom stereocenters. The summed E-state index contributed by atoms with van der Waals surface area (Å²) in [5.74, 6) is 0.0452. The van der Waals surface area contributed by atoms with E-state index in [4.69, 9.17) is 0 Å². The zero-order valence-electron chi connectivity index (χ0n) is 15.2. The van der Waals surface area contributed by atoms with Crippen LogP contribution in [0.5, 0.6) is 0 Å². The smallest absolute Gasteiger partial charge is 0.240 e. The Morgan fingerprint density at radius 3 is 2.23 bits per heavy atom. The highest BCUT2D eigenvalue weighted by molar-refractivity contribution is 7.89. The fourth-order valence-electron chi connectivity index (χ4n) is 3.39. The van der Waals surface area contributed by atoms with E-state index in [0.29, 0.717) is 6.54 Å². The molecule has 1 amide bonds. The van der Waals surface area contributed by atoms with Crippen molar-refractivity contribution in [1.29, 1.82) is 0 Å². The van der Waals surface area contributed by atoms with Gasteiger partial charge in [0.2, 0.25) is 15.9 Å². The first-order valence-electron chi connectivity index (χ1n) is 8.62. The van der Waals surface area contributed by atoms with Crippen LogP contribution in [0, 0.1) is 5.41 Å². The highest BCUT2D eigenvalue weighted by atomic mass is 32.2. The standard InChI is InChI=1S/C20H24N2O3S/c1-14(23)21-13-15-9-11-17(12-10-15)26(24,25)22-19-18(20(19,2)3)16-7-5-4-6-8-16/h4-12,18-19,22H,13H2,1-3H3,(H,21,23)/t18-,19-/m1/s1. The van der Waals surface area contributed by atoms with Crippen LogP contribution in [0.1, 0.15) is 37.8 Å². The quantitative estimate of drug-likeness (QED) is 0.819. The molecule has 0 heterocycles. The van der Waals surface area contributed by atoms with Crippen molar-refractivity contribution in [2.24, 2.45) is 5.41 Å². The number of nitrogens with one attached hydrogen (secondary N) is 2. The van der Waals surface area contributed by atoms with Crippen molar-refractivity contribution in [2.45, 2.75) is 44.2 Å². The highest BCUT2D eigenvalue weighted by Gasteiger charge is 2.59. The second-order valence-corrected chi connectivity index (χ2v) is 9.08. The number of sulfonamides is 1. The van der Waals surface area contributed by atoms with Gasteiger partial charge in [0.15, 0.2) is 0 Å². The maximum atomic E-state index is 12.7. The van der Waals surface area contributed by atoms with Gasteiger partial charge in [0.05, 0.1) is 4.90 Å². The molecule has 138 valence electrons. The minimum Gasteiger partial charge on any atom is -0.352 e. The molecule has 2 aromatic rings. The Balaban J connectivity index is 1.72. The van der Waals surface area contributed by atoms with E-state index in [-0.39, 0.29) is 28.2 Å². The molecule has 26 heavy (non-hydrogen) atoms. The van der Waals surface area contributed by atoms with E-state index >= 15 is 0 Å². The first-order valence-corrected chi connectivity index (χ1v) is 10.1. The van der Waals surface area contributed by atoms with Crippen molar-refractivity contribution >= 4 is 15.9 Å². The Kier molecular flexibility index (Phi) is 4.90. The van der Waals surface area contributed by atoms with Crippen molar-refractivity contribution in [3.05, 3.63) is 65.7 Å². The third-order valence-corrected chi connectivity index (χ3v) is 6.50. The number of amides is 1. The minimum absolute atomic E-state index is 0.119. The molecule has 6 heteroatoms. The number of carbonyl (C=O) groups is 1. The van der Waals surface area contributed by atoms with Crippen LogP contribution in [0.2, 0.25) is 0 Å². The molecule has 1 aliphatic carbocycles. The summed E-state index contributed by atoms with van der Waals surface area (Å²) in [6.45, 7) is 5.99. The summed E-state index contributed by atoms with van der Waals surface area (Å²) in [5, 5.41) is 2.69. The van der Waals surface area contributed by atoms with Gasteiger partial charge < -0.3 is 5.32 Å². The van der Waals surface area contributed by atoms with Crippen LogP contribution in [-0.2, 0) is 21.4 Å². The van der Waals surface area contributed by atoms with Crippen LogP contribution in [0.4, 0.5) is 0 Å². The van der Waals surface area contributed by atoms with Crippen LogP contribution in [0.15, 0.2) is 59.5 Å². The van der Waals surface area contributed by atoms with Crippen LogP contribution in [0.3, 0.4) is 0 Å². The van der Waals surface area contributed by atoms with Gasteiger partial charge in [-0.3, -0.25) is 4.79 Å². The summed E-state index contributed by atoms with van der Waals surface area (Å²) in [4.78, 5) is 11.2. The van der Waals surface area contributed by atoms with Gasteiger partial charge in [-0.2, -0.15) is 0 Å². The molecule has 1 saturated carbocycles. The van der Waals surface area contributed by atoms with Crippen molar-refractivity contribution in [1.82, 2.24) is 10.0 Å². The van der Waals surface area contributed by atoms with Gasteiger partial charge in [0.1, 0.15) is 0 Å². The van der Waals surface area contributed by atoms with Gasteiger partial charge in [-0.1, -0.05) is 56.3 Å². The molecule has 1 aliphatic rings. The molecule has 5 nitrogen and oxygen atoms in total. The average Bonchev–Trinajstić information content (AvgIpc) is 3.13. The molecule has 0 spiro atoms. The van der Waals surface area contributed by atoms with Gasteiger partial charge >= 0.3 is 0 Å². The highest BCUT2D eigenvalue weighted by Crippen LogP contribution is 2.59. The molecule has 2 atom stereocenters. The van der Waals surface area contributed by atoms with Crippen LogP contribution >= 0.6 is 0 Å². The van der Waals surface area contributed by atoms with Gasteiger partial charge in [0, 0.05) is 25.4 Å². The Bertz CT molecular complexity index is 890.